The average Bonchev–Trinajstić information content (AvgIpc) is 0.738. The first-order valence-corrected chi connectivity index (χ1v) is 38.0. The highest BCUT2D eigenvalue weighted by molar-refractivity contribution is 6.03. The summed E-state index contributed by atoms with van der Waals surface area (Å²) in [6.45, 7) is 9.45. The predicted molar refractivity (Wildman–Crippen MR) is 421 cm³/mol. The Kier molecular flexibility index (Phi) is 30.6. The topological polar surface area (TPSA) is 257 Å². The Balaban J connectivity index is 0.000000239. The molecule has 112 heavy (non-hydrogen) atoms. The number of carbonyl (C=O) groups is 6. The van der Waals surface area contributed by atoms with Crippen molar-refractivity contribution in [2.45, 2.75) is 69.5 Å². The summed E-state index contributed by atoms with van der Waals surface area (Å²) in [7, 11) is 4.87. The van der Waals surface area contributed by atoms with E-state index in [-0.39, 0.29) is 110 Å². The lowest BCUT2D eigenvalue weighted by Crippen LogP contribution is -2.37. The fourth-order valence-electron chi connectivity index (χ4n) is 13.4. The van der Waals surface area contributed by atoms with E-state index in [0.717, 1.165) is 110 Å². The van der Waals surface area contributed by atoms with Gasteiger partial charge in [0.1, 0.15) is 86.5 Å². The minimum absolute atomic E-state index is 0.00690. The van der Waals surface area contributed by atoms with Crippen LogP contribution in [-0.4, -0.2) is 189 Å². The van der Waals surface area contributed by atoms with Crippen molar-refractivity contribution >= 4 is 80.7 Å². The molecule has 4 heterocycles. The summed E-state index contributed by atoms with van der Waals surface area (Å²) < 4.78 is 89.4. The predicted octanol–water partition coefficient (Wildman–Crippen LogP) is 12.9. The molecule has 4 aliphatic heterocycles. The van der Waals surface area contributed by atoms with E-state index < -0.39 is 35.1 Å². The molecule has 0 amide bonds. The molecule has 24 heteroatoms. The third kappa shape index (κ3) is 22.4. The van der Waals surface area contributed by atoms with Gasteiger partial charge in [-0.25, -0.2) is 0 Å². The van der Waals surface area contributed by atoms with Gasteiger partial charge in [0.25, 0.3) is 0 Å². The van der Waals surface area contributed by atoms with E-state index >= 15 is 0 Å². The largest absolute Gasteiger partial charge is 0.497 e. The Morgan fingerprint density at radius 3 is 1.04 bits per heavy atom. The Hall–Kier alpha value is -11.0. The number of rotatable bonds is 39. The van der Waals surface area contributed by atoms with Crippen LogP contribution in [0.25, 0.3) is 33.7 Å². The number of morpholine rings is 2. The molecule has 0 aromatic heterocycles. The van der Waals surface area contributed by atoms with Gasteiger partial charge in [-0.15, -0.1) is 0 Å². The SMILES string of the molecule is COCCOCCOC(=O)CCCCC(=O)OCCOCCOC(=O)CCC(=O)OCCOc1ccc(C2(c3ccc(OC)cc3)C=Cc3c(cc(N4CCOCC4)c4ccccc34)O2)cc1.COc1ccc(C2(c3ccc(OCCOC(=O)CCC(C)=O)cc3)C=Cc3c(cc(N4CCOCC4)c4ccccc34)O2)cc1. The summed E-state index contributed by atoms with van der Waals surface area (Å²) in [5.74, 6) is 1.99. The summed E-state index contributed by atoms with van der Waals surface area (Å²) in [6, 6.07) is 52.4. The zero-order chi connectivity index (χ0) is 78.3. The molecule has 0 saturated carbocycles. The summed E-state index contributed by atoms with van der Waals surface area (Å²) in [5.41, 5.74) is 6.13. The quantitative estimate of drug-likeness (QED) is 0.0197. The van der Waals surface area contributed by atoms with Gasteiger partial charge in [0.2, 0.25) is 0 Å². The van der Waals surface area contributed by atoms with E-state index in [1.165, 1.54) is 12.3 Å². The van der Waals surface area contributed by atoms with E-state index in [4.69, 9.17) is 75.8 Å². The number of methoxy groups -OCH3 is 3. The van der Waals surface area contributed by atoms with Crippen LogP contribution in [0.1, 0.15) is 91.7 Å². The Labute approximate surface area is 652 Å². The number of hydrogen-bond donors (Lipinski definition) is 0. The normalized spacial score (nSPS) is 16.1. The number of nitrogens with zero attached hydrogens (tertiary/aromatic N) is 2. The van der Waals surface area contributed by atoms with E-state index in [9.17, 15) is 28.8 Å². The zero-order valence-electron chi connectivity index (χ0n) is 64.0. The van der Waals surface area contributed by atoms with Crippen molar-refractivity contribution < 1.29 is 105 Å². The van der Waals surface area contributed by atoms with Gasteiger partial charge in [-0.3, -0.25) is 24.0 Å². The van der Waals surface area contributed by atoms with Crippen LogP contribution < -0.4 is 38.2 Å². The zero-order valence-corrected chi connectivity index (χ0v) is 64.0. The van der Waals surface area contributed by atoms with Crippen LogP contribution in [-0.2, 0) is 87.3 Å². The molecule has 0 N–H and O–H groups in total. The molecule has 592 valence electrons. The molecule has 4 aliphatic rings. The molecule has 2 atom stereocenters. The second-order valence-electron chi connectivity index (χ2n) is 26.7. The van der Waals surface area contributed by atoms with E-state index in [0.29, 0.717) is 70.6 Å². The molecular formula is C88H98N2O22. The van der Waals surface area contributed by atoms with Crippen molar-refractivity contribution in [2.24, 2.45) is 0 Å². The van der Waals surface area contributed by atoms with Gasteiger partial charge in [0.15, 0.2) is 11.2 Å². The van der Waals surface area contributed by atoms with Crippen LogP contribution in [0.3, 0.4) is 0 Å². The fraction of sp³-hybridized carbons (Fsp3) is 0.386. The maximum atomic E-state index is 12.3. The lowest BCUT2D eigenvalue weighted by Gasteiger charge is -2.38. The maximum Gasteiger partial charge on any atom is 0.306 e. The molecule has 0 spiro atoms. The Morgan fingerprint density at radius 2 is 0.688 bits per heavy atom. The van der Waals surface area contributed by atoms with Crippen molar-refractivity contribution in [3.05, 3.63) is 203 Å². The van der Waals surface area contributed by atoms with Gasteiger partial charge in [-0.05, 0) is 103 Å². The van der Waals surface area contributed by atoms with Crippen molar-refractivity contribution in [1.82, 2.24) is 0 Å². The van der Waals surface area contributed by atoms with E-state index in [1.54, 1.807) is 21.3 Å². The molecule has 2 fully saturated rings. The fourth-order valence-corrected chi connectivity index (χ4v) is 13.4. The number of fused-ring (bicyclic) bond motifs is 6. The molecular weight excluding hydrogens is 1440 g/mol. The number of Topliss-reactive ketones (excluding diaryl/α,β-unsaturated/α-hetero) is 1. The summed E-state index contributed by atoms with van der Waals surface area (Å²) >= 11 is 0. The van der Waals surface area contributed by atoms with Crippen molar-refractivity contribution in [3.8, 4) is 34.5 Å². The van der Waals surface area contributed by atoms with Crippen LogP contribution in [0.15, 0.2) is 170 Å². The van der Waals surface area contributed by atoms with Gasteiger partial charge in [0, 0.05) is 120 Å². The average molecular weight is 1540 g/mol. The van der Waals surface area contributed by atoms with Gasteiger partial charge in [-0.1, -0.05) is 97.1 Å². The van der Waals surface area contributed by atoms with Crippen LogP contribution >= 0.6 is 0 Å². The number of ether oxygens (including phenoxy) is 16. The minimum atomic E-state index is -0.965. The molecule has 2 unspecified atom stereocenters. The molecule has 0 radical (unpaired) electrons. The number of anilines is 2. The lowest BCUT2D eigenvalue weighted by molar-refractivity contribution is -0.152. The number of carbonyl (C=O) groups excluding carboxylic acids is 6. The van der Waals surface area contributed by atoms with Crippen LogP contribution in [0, 0.1) is 0 Å². The highest BCUT2D eigenvalue weighted by Gasteiger charge is 2.40. The maximum absolute atomic E-state index is 12.3. The molecule has 8 aromatic carbocycles. The van der Waals surface area contributed by atoms with Gasteiger partial charge < -0.3 is 90.4 Å². The monoisotopic (exact) mass is 1530 g/mol. The first-order valence-electron chi connectivity index (χ1n) is 38.0. The number of unbranched alkanes of at least 4 members (excludes halogenated alkanes) is 1. The van der Waals surface area contributed by atoms with Crippen LogP contribution in [0.4, 0.5) is 11.4 Å². The highest BCUT2D eigenvalue weighted by atomic mass is 16.6. The third-order valence-corrected chi connectivity index (χ3v) is 19.2. The van der Waals surface area contributed by atoms with Crippen LogP contribution in [0.2, 0.25) is 0 Å². The summed E-state index contributed by atoms with van der Waals surface area (Å²) in [6.07, 6.45) is 9.85. The Bertz CT molecular complexity index is 4480. The van der Waals surface area contributed by atoms with Gasteiger partial charge >= 0.3 is 29.8 Å². The van der Waals surface area contributed by atoms with Crippen molar-refractivity contribution in [2.75, 3.05) is 163 Å². The number of ketones is 1. The number of benzene rings is 8. The minimum Gasteiger partial charge on any atom is -0.497 e. The second kappa shape index (κ2) is 41.9. The third-order valence-electron chi connectivity index (χ3n) is 19.2. The van der Waals surface area contributed by atoms with Crippen molar-refractivity contribution in [1.29, 1.82) is 0 Å². The molecule has 24 nitrogen and oxygen atoms in total. The molecule has 0 bridgehead atoms. The first kappa shape index (κ1) is 82.0. The number of esters is 5. The van der Waals surface area contributed by atoms with Gasteiger partial charge in [-0.2, -0.15) is 0 Å². The van der Waals surface area contributed by atoms with Crippen LogP contribution in [0.5, 0.6) is 34.5 Å². The lowest BCUT2D eigenvalue weighted by atomic mass is 9.83. The van der Waals surface area contributed by atoms with Gasteiger partial charge in [0.05, 0.1) is 92.9 Å². The summed E-state index contributed by atoms with van der Waals surface area (Å²) in [5, 5.41) is 4.61. The Morgan fingerprint density at radius 1 is 0.366 bits per heavy atom. The number of hydrogen-bond acceptors (Lipinski definition) is 24. The second-order valence-corrected chi connectivity index (χ2v) is 26.7. The molecule has 0 aliphatic carbocycles. The highest BCUT2D eigenvalue weighted by Crippen LogP contribution is 2.50. The molecule has 12 rings (SSSR count). The van der Waals surface area contributed by atoms with Crippen molar-refractivity contribution in [3.63, 3.8) is 0 Å². The standard InChI is InChI=1S/C51H61NO15.C37H37NO7/c1-57-27-28-60-29-32-63-47(53)9-5-6-10-48(54)64-33-30-61-31-34-65-49(55)19-20-50(56)66-36-35-62-41-17-13-39(14-18-41)51(38-11-15-40(58-2)16-12-38)22-21-44-42-7-3-4-8-43(42)45(37-46(44)67-51)52-23-25-59-26-24-52;1-26(39)7-16-36(40)44-24-23-43-30-14-10-28(11-15-30)37(27-8-12-29(41-2)13-9-27)18-17-33-31-5-3-4-6-32(31)34(25-35(33)45-37)38-19-21-42-22-20-38/h3-4,7-8,11-18,21-22,37H,5-6,9-10,19-20,23-36H2,1-2H3;3-6,8-15,17-18,25H,7,16,19-24H2,1-2H3. The summed E-state index contributed by atoms with van der Waals surface area (Å²) in [4.78, 5) is 75.7. The first-order chi connectivity index (χ1) is 54.8. The molecule has 2 saturated heterocycles. The smallest absolute Gasteiger partial charge is 0.306 e. The van der Waals surface area contributed by atoms with E-state index in [1.807, 2.05) is 97.1 Å². The molecule has 8 aromatic rings. The van der Waals surface area contributed by atoms with E-state index in [2.05, 4.69) is 94.8 Å².